The number of hydrogen-bond donors (Lipinski definition) is 1. The van der Waals surface area contributed by atoms with Crippen molar-refractivity contribution in [2.24, 2.45) is 17.3 Å². The van der Waals surface area contributed by atoms with Gasteiger partial charge < -0.3 is 10.1 Å². The number of rotatable bonds is 6. The number of aryl methyl sites for hydroxylation is 1. The lowest BCUT2D eigenvalue weighted by Crippen LogP contribution is -2.24. The molecule has 1 N–H and O–H groups in total. The SMILES string of the molecule is CC(C)CCn1ncc(NC(=O)C2CC23CCOCC3)c1C(C)C. The zero-order valence-electron chi connectivity index (χ0n) is 15.5. The maximum absolute atomic E-state index is 12.7. The van der Waals surface area contributed by atoms with Crippen LogP contribution in [0.2, 0.25) is 0 Å². The molecule has 1 aromatic heterocycles. The molecule has 0 aromatic carbocycles. The lowest BCUT2D eigenvalue weighted by Gasteiger charge is -2.22. The van der Waals surface area contributed by atoms with E-state index in [0.717, 1.165) is 56.8 Å². The molecule has 2 aliphatic rings. The fraction of sp³-hybridized carbons (Fsp3) is 0.789. The summed E-state index contributed by atoms with van der Waals surface area (Å²) in [6, 6.07) is 0. The van der Waals surface area contributed by atoms with Gasteiger partial charge in [0.05, 0.1) is 17.6 Å². The summed E-state index contributed by atoms with van der Waals surface area (Å²) in [5, 5.41) is 7.70. The molecule has 3 rings (SSSR count). The van der Waals surface area contributed by atoms with Crippen LogP contribution in [0, 0.1) is 17.3 Å². The summed E-state index contributed by atoms with van der Waals surface area (Å²) in [7, 11) is 0. The molecule has 5 heteroatoms. The minimum atomic E-state index is 0.153. The average Bonchev–Trinajstić information content (AvgIpc) is 3.06. The van der Waals surface area contributed by atoms with E-state index in [0.29, 0.717) is 11.8 Å². The Morgan fingerprint density at radius 3 is 2.71 bits per heavy atom. The lowest BCUT2D eigenvalue weighted by molar-refractivity contribution is -0.118. The zero-order chi connectivity index (χ0) is 17.3. The van der Waals surface area contributed by atoms with Gasteiger partial charge in [-0.3, -0.25) is 9.48 Å². The van der Waals surface area contributed by atoms with E-state index in [1.54, 1.807) is 0 Å². The van der Waals surface area contributed by atoms with Gasteiger partial charge in [0.15, 0.2) is 0 Å². The summed E-state index contributed by atoms with van der Waals surface area (Å²) in [4.78, 5) is 12.7. The molecule has 0 bridgehead atoms. The Kier molecular flexibility index (Phi) is 5.00. The first-order chi connectivity index (χ1) is 11.4. The number of ether oxygens (including phenoxy) is 1. The standard InChI is InChI=1S/C19H31N3O2/c1-13(2)5-8-22-17(14(3)4)16(12-20-22)21-18(23)15-11-19(15)6-9-24-10-7-19/h12-15H,5-11H2,1-4H3,(H,21,23). The summed E-state index contributed by atoms with van der Waals surface area (Å²) in [6.07, 6.45) is 5.99. The van der Waals surface area contributed by atoms with E-state index in [2.05, 4.69) is 42.8 Å². The van der Waals surface area contributed by atoms with Crippen LogP contribution >= 0.6 is 0 Å². The van der Waals surface area contributed by atoms with E-state index < -0.39 is 0 Å². The summed E-state index contributed by atoms with van der Waals surface area (Å²) in [5.74, 6) is 1.31. The predicted octanol–water partition coefficient (Wildman–Crippen LogP) is 3.81. The van der Waals surface area contributed by atoms with Crippen molar-refractivity contribution in [3.05, 3.63) is 11.9 Å². The van der Waals surface area contributed by atoms with Gasteiger partial charge in [0.2, 0.25) is 5.91 Å². The zero-order valence-corrected chi connectivity index (χ0v) is 15.5. The molecular formula is C19H31N3O2. The fourth-order valence-electron chi connectivity index (χ4n) is 3.93. The molecule has 1 aliphatic carbocycles. The topological polar surface area (TPSA) is 56.2 Å². The Bertz CT molecular complexity index is 585. The second-order valence-electron chi connectivity index (χ2n) is 8.22. The van der Waals surface area contributed by atoms with Gasteiger partial charge in [-0.05, 0) is 42.9 Å². The lowest BCUT2D eigenvalue weighted by atomic mass is 9.93. The fourth-order valence-corrected chi connectivity index (χ4v) is 3.93. The van der Waals surface area contributed by atoms with Crippen LogP contribution in [0.3, 0.4) is 0 Å². The third-order valence-electron chi connectivity index (χ3n) is 5.60. The van der Waals surface area contributed by atoms with E-state index >= 15 is 0 Å². The number of aromatic nitrogens is 2. The molecule has 1 atom stereocenters. The minimum absolute atomic E-state index is 0.153. The Labute approximate surface area is 145 Å². The normalized spacial score (nSPS) is 22.3. The van der Waals surface area contributed by atoms with Gasteiger partial charge in [-0.15, -0.1) is 0 Å². The highest BCUT2D eigenvalue weighted by Gasteiger charge is 2.58. The van der Waals surface area contributed by atoms with Crippen LogP contribution in [-0.2, 0) is 16.1 Å². The van der Waals surface area contributed by atoms with E-state index in [4.69, 9.17) is 4.74 Å². The Balaban J connectivity index is 1.67. The van der Waals surface area contributed by atoms with Crippen molar-refractivity contribution in [1.82, 2.24) is 9.78 Å². The van der Waals surface area contributed by atoms with Crippen molar-refractivity contribution in [3.63, 3.8) is 0 Å². The van der Waals surface area contributed by atoms with Crippen LogP contribution in [0.1, 0.15) is 65.0 Å². The first-order valence-electron chi connectivity index (χ1n) is 9.37. The van der Waals surface area contributed by atoms with Crippen LogP contribution in [-0.4, -0.2) is 28.9 Å². The molecule has 0 radical (unpaired) electrons. The van der Waals surface area contributed by atoms with E-state index in [1.807, 2.05) is 6.20 Å². The first kappa shape index (κ1) is 17.5. The van der Waals surface area contributed by atoms with Crippen LogP contribution in [0.4, 0.5) is 5.69 Å². The minimum Gasteiger partial charge on any atom is -0.381 e. The molecule has 134 valence electrons. The molecule has 2 fully saturated rings. The van der Waals surface area contributed by atoms with Gasteiger partial charge >= 0.3 is 0 Å². The summed E-state index contributed by atoms with van der Waals surface area (Å²) in [6.45, 7) is 11.3. The van der Waals surface area contributed by atoms with Gasteiger partial charge in [-0.2, -0.15) is 5.10 Å². The number of hydrogen-bond acceptors (Lipinski definition) is 3. The van der Waals surface area contributed by atoms with Gasteiger partial charge in [0.1, 0.15) is 0 Å². The monoisotopic (exact) mass is 333 g/mol. The smallest absolute Gasteiger partial charge is 0.228 e. The van der Waals surface area contributed by atoms with Crippen LogP contribution in [0.5, 0.6) is 0 Å². The molecular weight excluding hydrogens is 302 g/mol. The summed E-state index contributed by atoms with van der Waals surface area (Å²) >= 11 is 0. The third kappa shape index (κ3) is 3.51. The average molecular weight is 333 g/mol. The number of nitrogens with zero attached hydrogens (tertiary/aromatic N) is 2. The Morgan fingerprint density at radius 1 is 1.38 bits per heavy atom. The number of nitrogens with one attached hydrogen (secondary N) is 1. The second kappa shape index (κ2) is 6.87. The molecule has 1 saturated heterocycles. The maximum atomic E-state index is 12.7. The van der Waals surface area contributed by atoms with Crippen LogP contribution < -0.4 is 5.32 Å². The van der Waals surface area contributed by atoms with E-state index in [1.165, 1.54) is 0 Å². The quantitative estimate of drug-likeness (QED) is 0.861. The second-order valence-corrected chi connectivity index (χ2v) is 8.22. The molecule has 1 aromatic rings. The Morgan fingerprint density at radius 2 is 2.08 bits per heavy atom. The first-order valence-corrected chi connectivity index (χ1v) is 9.37. The molecule has 1 saturated carbocycles. The molecule has 1 spiro atoms. The maximum Gasteiger partial charge on any atom is 0.228 e. The number of amides is 1. The van der Waals surface area contributed by atoms with Gasteiger partial charge in [-0.25, -0.2) is 0 Å². The number of carbonyl (C=O) groups is 1. The predicted molar refractivity (Wildman–Crippen MR) is 95.0 cm³/mol. The van der Waals surface area contributed by atoms with E-state index in [9.17, 15) is 4.79 Å². The van der Waals surface area contributed by atoms with Crippen LogP contribution in [0.25, 0.3) is 0 Å². The largest absolute Gasteiger partial charge is 0.381 e. The summed E-state index contributed by atoms with van der Waals surface area (Å²) < 4.78 is 7.51. The highest BCUT2D eigenvalue weighted by atomic mass is 16.5. The summed E-state index contributed by atoms with van der Waals surface area (Å²) in [5.41, 5.74) is 2.26. The molecule has 24 heavy (non-hydrogen) atoms. The third-order valence-corrected chi connectivity index (χ3v) is 5.60. The van der Waals surface area contributed by atoms with Crippen molar-refractivity contribution in [2.75, 3.05) is 18.5 Å². The van der Waals surface area contributed by atoms with Crippen molar-refractivity contribution in [3.8, 4) is 0 Å². The van der Waals surface area contributed by atoms with Crippen molar-refractivity contribution in [2.45, 2.75) is 65.8 Å². The van der Waals surface area contributed by atoms with Gasteiger partial charge in [0.25, 0.3) is 0 Å². The van der Waals surface area contributed by atoms with Gasteiger partial charge in [0, 0.05) is 25.7 Å². The number of anilines is 1. The molecule has 2 heterocycles. The van der Waals surface area contributed by atoms with Crippen molar-refractivity contribution >= 4 is 11.6 Å². The molecule has 5 nitrogen and oxygen atoms in total. The highest BCUT2D eigenvalue weighted by Crippen LogP contribution is 2.59. The van der Waals surface area contributed by atoms with E-state index in [-0.39, 0.29) is 17.2 Å². The number of carbonyl (C=O) groups excluding carboxylic acids is 1. The van der Waals surface area contributed by atoms with Gasteiger partial charge in [-0.1, -0.05) is 27.7 Å². The molecule has 1 unspecified atom stereocenters. The molecule has 1 amide bonds. The molecule has 1 aliphatic heterocycles. The highest BCUT2D eigenvalue weighted by molar-refractivity contribution is 5.95. The van der Waals surface area contributed by atoms with Crippen molar-refractivity contribution < 1.29 is 9.53 Å². The Hall–Kier alpha value is -1.36. The van der Waals surface area contributed by atoms with Crippen LogP contribution in [0.15, 0.2) is 6.20 Å². The van der Waals surface area contributed by atoms with Crippen molar-refractivity contribution in [1.29, 1.82) is 0 Å².